The highest BCUT2D eigenvalue weighted by molar-refractivity contribution is 5.42. The Morgan fingerprint density at radius 2 is 2.21 bits per heavy atom. The third-order valence-corrected chi connectivity index (χ3v) is 2.98. The average Bonchev–Trinajstić information content (AvgIpc) is 2.64. The van der Waals surface area contributed by atoms with Crippen LogP contribution in [0.4, 0.5) is 0 Å². The number of nitrogens with two attached hydrogens (primary N) is 1. The van der Waals surface area contributed by atoms with Gasteiger partial charge in [-0.05, 0) is 17.2 Å². The van der Waals surface area contributed by atoms with E-state index in [1.165, 1.54) is 11.1 Å². The van der Waals surface area contributed by atoms with Gasteiger partial charge in [-0.15, -0.1) is 0 Å². The molecule has 0 atom stereocenters. The molecule has 1 aromatic rings. The molecule has 0 fully saturated rings. The topological polar surface area (TPSA) is 35.2 Å². The van der Waals surface area contributed by atoms with Crippen LogP contribution < -0.4 is 10.5 Å². The van der Waals surface area contributed by atoms with Gasteiger partial charge < -0.3 is 10.5 Å². The van der Waals surface area contributed by atoms with E-state index in [2.05, 4.69) is 32.0 Å². The summed E-state index contributed by atoms with van der Waals surface area (Å²) in [6, 6.07) is 6.42. The molecule has 2 rings (SSSR count). The van der Waals surface area contributed by atoms with Gasteiger partial charge in [0.2, 0.25) is 0 Å². The van der Waals surface area contributed by atoms with E-state index in [4.69, 9.17) is 10.5 Å². The number of ether oxygens (including phenoxy) is 1. The number of fused-ring (bicyclic) bond motifs is 1. The van der Waals surface area contributed by atoms with Crippen LogP contribution in [0.5, 0.6) is 5.75 Å². The van der Waals surface area contributed by atoms with Crippen LogP contribution >= 0.6 is 0 Å². The summed E-state index contributed by atoms with van der Waals surface area (Å²) in [5.74, 6) is 1.04. The monoisotopic (exact) mass is 191 g/mol. The maximum Gasteiger partial charge on any atom is 0.122 e. The molecule has 2 nitrogen and oxygen atoms in total. The smallest absolute Gasteiger partial charge is 0.122 e. The van der Waals surface area contributed by atoms with Crippen molar-refractivity contribution in [1.29, 1.82) is 0 Å². The fourth-order valence-electron chi connectivity index (χ4n) is 1.73. The predicted molar refractivity (Wildman–Crippen MR) is 57.7 cm³/mol. The molecule has 0 bridgehead atoms. The Kier molecular flexibility index (Phi) is 2.23. The minimum absolute atomic E-state index is 0.0671. The average molecular weight is 191 g/mol. The fraction of sp³-hybridized carbons (Fsp3) is 0.500. The van der Waals surface area contributed by atoms with Crippen molar-refractivity contribution in [2.24, 2.45) is 5.73 Å². The van der Waals surface area contributed by atoms with Crippen LogP contribution in [0.25, 0.3) is 0 Å². The molecule has 0 amide bonds. The molecule has 1 aliphatic heterocycles. The Balaban J connectivity index is 2.38. The molecule has 0 spiro atoms. The molecule has 0 unspecified atom stereocenters. The van der Waals surface area contributed by atoms with Crippen molar-refractivity contribution in [3.63, 3.8) is 0 Å². The van der Waals surface area contributed by atoms with E-state index in [0.29, 0.717) is 6.54 Å². The van der Waals surface area contributed by atoms with Crippen LogP contribution in [0.15, 0.2) is 18.2 Å². The Labute approximate surface area is 85.1 Å². The quantitative estimate of drug-likeness (QED) is 0.774. The Morgan fingerprint density at radius 3 is 2.93 bits per heavy atom. The Hall–Kier alpha value is -1.02. The van der Waals surface area contributed by atoms with Gasteiger partial charge >= 0.3 is 0 Å². The first-order valence-corrected chi connectivity index (χ1v) is 5.10. The first-order chi connectivity index (χ1) is 6.63. The Morgan fingerprint density at radius 1 is 1.43 bits per heavy atom. The van der Waals surface area contributed by atoms with E-state index in [9.17, 15) is 0 Å². The fourth-order valence-corrected chi connectivity index (χ4v) is 1.73. The molecular weight excluding hydrogens is 174 g/mol. The summed E-state index contributed by atoms with van der Waals surface area (Å²) in [6.07, 6.45) is 1.03. The maximum atomic E-state index is 5.75. The summed E-state index contributed by atoms with van der Waals surface area (Å²) in [4.78, 5) is 0. The molecule has 0 saturated carbocycles. The van der Waals surface area contributed by atoms with Crippen LogP contribution in [0.1, 0.15) is 25.0 Å². The lowest BCUT2D eigenvalue weighted by Crippen LogP contribution is -2.28. The van der Waals surface area contributed by atoms with Crippen LogP contribution in [0.2, 0.25) is 0 Å². The molecule has 76 valence electrons. The van der Waals surface area contributed by atoms with Gasteiger partial charge in [0, 0.05) is 18.4 Å². The molecule has 1 aliphatic rings. The number of hydrogen-bond donors (Lipinski definition) is 1. The summed E-state index contributed by atoms with van der Waals surface area (Å²) < 4.78 is 5.47. The largest absolute Gasteiger partial charge is 0.493 e. The highest BCUT2D eigenvalue weighted by Crippen LogP contribution is 2.30. The zero-order valence-electron chi connectivity index (χ0n) is 8.84. The van der Waals surface area contributed by atoms with E-state index in [1.807, 2.05) is 0 Å². The van der Waals surface area contributed by atoms with E-state index in [-0.39, 0.29) is 5.41 Å². The molecule has 0 aromatic heterocycles. The number of benzene rings is 1. The van der Waals surface area contributed by atoms with Crippen LogP contribution in [-0.4, -0.2) is 13.2 Å². The van der Waals surface area contributed by atoms with E-state index >= 15 is 0 Å². The molecule has 2 N–H and O–H groups in total. The highest BCUT2D eigenvalue weighted by atomic mass is 16.5. The first-order valence-electron chi connectivity index (χ1n) is 5.10. The molecule has 14 heavy (non-hydrogen) atoms. The minimum atomic E-state index is 0.0671. The van der Waals surface area contributed by atoms with Crippen LogP contribution in [-0.2, 0) is 11.8 Å². The summed E-state index contributed by atoms with van der Waals surface area (Å²) in [5.41, 5.74) is 8.45. The van der Waals surface area contributed by atoms with E-state index in [0.717, 1.165) is 18.8 Å². The molecule has 0 radical (unpaired) electrons. The lowest BCUT2D eigenvalue weighted by atomic mass is 9.84. The summed E-state index contributed by atoms with van der Waals surface area (Å²) >= 11 is 0. The normalized spacial score (nSPS) is 15.1. The zero-order valence-corrected chi connectivity index (χ0v) is 8.84. The third-order valence-electron chi connectivity index (χ3n) is 2.98. The predicted octanol–water partition coefficient (Wildman–Crippen LogP) is 1.86. The summed E-state index contributed by atoms with van der Waals surface area (Å²) in [7, 11) is 0. The maximum absolute atomic E-state index is 5.75. The van der Waals surface area contributed by atoms with E-state index < -0.39 is 0 Å². The van der Waals surface area contributed by atoms with Gasteiger partial charge in [0.25, 0.3) is 0 Å². The second-order valence-electron chi connectivity index (χ2n) is 4.51. The number of hydrogen-bond acceptors (Lipinski definition) is 2. The van der Waals surface area contributed by atoms with Crippen molar-refractivity contribution in [2.75, 3.05) is 13.2 Å². The standard InChI is InChI=1S/C12H17NO/c1-12(2,8-13)10-3-4-11-9(7-10)5-6-14-11/h3-4,7H,5-6,8,13H2,1-2H3. The molecular formula is C12H17NO. The van der Waals surface area contributed by atoms with Crippen LogP contribution in [0, 0.1) is 0 Å². The van der Waals surface area contributed by atoms with Gasteiger partial charge in [-0.25, -0.2) is 0 Å². The van der Waals surface area contributed by atoms with Crippen LogP contribution in [0.3, 0.4) is 0 Å². The molecule has 2 heteroatoms. The highest BCUT2D eigenvalue weighted by Gasteiger charge is 2.21. The first kappa shape index (κ1) is 9.53. The second-order valence-corrected chi connectivity index (χ2v) is 4.51. The van der Waals surface area contributed by atoms with Gasteiger partial charge in [-0.2, -0.15) is 0 Å². The van der Waals surface area contributed by atoms with Crippen molar-refractivity contribution in [2.45, 2.75) is 25.7 Å². The lowest BCUT2D eigenvalue weighted by molar-refractivity contribution is 0.356. The van der Waals surface area contributed by atoms with Gasteiger partial charge in [-0.3, -0.25) is 0 Å². The van der Waals surface area contributed by atoms with Crippen molar-refractivity contribution in [1.82, 2.24) is 0 Å². The third kappa shape index (κ3) is 1.50. The number of rotatable bonds is 2. The molecule has 1 aromatic carbocycles. The Bertz CT molecular complexity index is 344. The molecule has 0 saturated heterocycles. The van der Waals surface area contributed by atoms with Crippen molar-refractivity contribution >= 4 is 0 Å². The van der Waals surface area contributed by atoms with Gasteiger partial charge in [0.1, 0.15) is 5.75 Å². The van der Waals surface area contributed by atoms with Crippen molar-refractivity contribution in [3.8, 4) is 5.75 Å². The van der Waals surface area contributed by atoms with Crippen molar-refractivity contribution in [3.05, 3.63) is 29.3 Å². The minimum Gasteiger partial charge on any atom is -0.493 e. The SMILES string of the molecule is CC(C)(CN)c1ccc2c(c1)CCO2. The van der Waals surface area contributed by atoms with Crippen molar-refractivity contribution < 1.29 is 4.74 Å². The lowest BCUT2D eigenvalue weighted by Gasteiger charge is -2.23. The molecule has 0 aliphatic carbocycles. The van der Waals surface area contributed by atoms with Gasteiger partial charge in [0.15, 0.2) is 0 Å². The van der Waals surface area contributed by atoms with E-state index in [1.54, 1.807) is 0 Å². The van der Waals surface area contributed by atoms with Gasteiger partial charge in [0.05, 0.1) is 6.61 Å². The molecule has 1 heterocycles. The zero-order chi connectivity index (χ0) is 10.2. The summed E-state index contributed by atoms with van der Waals surface area (Å²) in [6.45, 7) is 5.84. The summed E-state index contributed by atoms with van der Waals surface area (Å²) in [5, 5.41) is 0. The second kappa shape index (κ2) is 3.28. The van der Waals surface area contributed by atoms with Gasteiger partial charge in [-0.1, -0.05) is 26.0 Å².